The second-order valence-corrected chi connectivity index (χ2v) is 4.47. The molecule has 7 heteroatoms. The number of benzene rings is 1. The maximum absolute atomic E-state index is 13.9. The van der Waals surface area contributed by atoms with Gasteiger partial charge in [0.25, 0.3) is 0 Å². The van der Waals surface area contributed by atoms with E-state index in [1.165, 1.54) is 10.6 Å². The SMILES string of the molecule is Nc1nc2ccc(F)c(F)c2n1CCCn1cccn1. The molecule has 1 aromatic carbocycles. The number of imidazole rings is 1. The minimum absolute atomic E-state index is 0.114. The molecule has 0 aliphatic heterocycles. The summed E-state index contributed by atoms with van der Waals surface area (Å²) in [6.45, 7) is 1.12. The highest BCUT2D eigenvalue weighted by molar-refractivity contribution is 5.79. The molecule has 104 valence electrons. The number of hydrogen-bond donors (Lipinski definition) is 1. The molecule has 20 heavy (non-hydrogen) atoms. The number of fused-ring (bicyclic) bond motifs is 1. The molecule has 2 heterocycles. The maximum atomic E-state index is 13.9. The Balaban J connectivity index is 1.87. The Hall–Kier alpha value is -2.44. The largest absolute Gasteiger partial charge is 0.369 e. The molecule has 0 unspecified atom stereocenters. The number of nitrogens with two attached hydrogens (primary N) is 1. The zero-order valence-electron chi connectivity index (χ0n) is 10.6. The molecule has 0 radical (unpaired) electrons. The van der Waals surface area contributed by atoms with Crippen molar-refractivity contribution in [1.29, 1.82) is 0 Å². The molecule has 0 fully saturated rings. The molecule has 0 amide bonds. The average Bonchev–Trinajstić information content (AvgIpc) is 3.03. The Kier molecular flexibility index (Phi) is 3.09. The Morgan fingerprint density at radius 2 is 2.05 bits per heavy atom. The number of nitrogen functional groups attached to an aromatic ring is 1. The maximum Gasteiger partial charge on any atom is 0.201 e. The van der Waals surface area contributed by atoms with E-state index in [1.54, 1.807) is 10.9 Å². The van der Waals surface area contributed by atoms with Crippen molar-refractivity contribution in [2.75, 3.05) is 5.73 Å². The van der Waals surface area contributed by atoms with E-state index in [9.17, 15) is 8.78 Å². The standard InChI is InChI=1S/C13H13F2N5/c14-9-3-4-10-12(11(9)15)20(13(16)18-10)8-2-7-19-6-1-5-17-19/h1,3-6H,2,7-8H2,(H2,16,18). The summed E-state index contributed by atoms with van der Waals surface area (Å²) >= 11 is 0. The van der Waals surface area contributed by atoms with Crippen LogP contribution in [0, 0.1) is 11.6 Å². The minimum atomic E-state index is -0.911. The van der Waals surface area contributed by atoms with E-state index in [2.05, 4.69) is 10.1 Å². The van der Waals surface area contributed by atoms with Gasteiger partial charge in [-0.3, -0.25) is 4.68 Å². The molecule has 3 rings (SSSR count). The van der Waals surface area contributed by atoms with Crippen molar-refractivity contribution in [1.82, 2.24) is 19.3 Å². The van der Waals surface area contributed by atoms with Gasteiger partial charge in [-0.25, -0.2) is 13.8 Å². The molecular formula is C13H13F2N5. The van der Waals surface area contributed by atoms with Gasteiger partial charge < -0.3 is 10.3 Å². The highest BCUT2D eigenvalue weighted by atomic mass is 19.2. The molecule has 0 saturated carbocycles. The highest BCUT2D eigenvalue weighted by Gasteiger charge is 2.15. The first-order chi connectivity index (χ1) is 9.66. The van der Waals surface area contributed by atoms with E-state index in [0.717, 1.165) is 6.07 Å². The zero-order valence-corrected chi connectivity index (χ0v) is 10.6. The fraction of sp³-hybridized carbons (Fsp3) is 0.231. The van der Waals surface area contributed by atoms with Gasteiger partial charge in [0.15, 0.2) is 11.6 Å². The second-order valence-electron chi connectivity index (χ2n) is 4.47. The van der Waals surface area contributed by atoms with E-state index >= 15 is 0 Å². The first-order valence-electron chi connectivity index (χ1n) is 6.24. The molecular weight excluding hydrogens is 264 g/mol. The van der Waals surface area contributed by atoms with Crippen LogP contribution in [0.2, 0.25) is 0 Å². The summed E-state index contributed by atoms with van der Waals surface area (Å²) < 4.78 is 30.4. The number of rotatable bonds is 4. The van der Waals surface area contributed by atoms with Crippen molar-refractivity contribution in [3.8, 4) is 0 Å². The van der Waals surface area contributed by atoms with E-state index in [1.807, 2.05) is 12.3 Å². The lowest BCUT2D eigenvalue weighted by Crippen LogP contribution is -2.08. The number of halogens is 2. The van der Waals surface area contributed by atoms with E-state index in [-0.39, 0.29) is 11.5 Å². The second kappa shape index (κ2) is 4.92. The molecule has 2 aromatic heterocycles. The Bertz CT molecular complexity index is 733. The van der Waals surface area contributed by atoms with Crippen molar-refractivity contribution < 1.29 is 8.78 Å². The number of hydrogen-bond acceptors (Lipinski definition) is 3. The lowest BCUT2D eigenvalue weighted by Gasteiger charge is -2.07. The minimum Gasteiger partial charge on any atom is -0.369 e. The van der Waals surface area contributed by atoms with Crippen LogP contribution >= 0.6 is 0 Å². The van der Waals surface area contributed by atoms with Crippen LogP contribution in [0.4, 0.5) is 14.7 Å². The molecule has 0 aliphatic carbocycles. The summed E-state index contributed by atoms with van der Waals surface area (Å²) in [5.74, 6) is -1.62. The van der Waals surface area contributed by atoms with Crippen LogP contribution in [0.1, 0.15) is 6.42 Å². The van der Waals surface area contributed by atoms with Gasteiger partial charge >= 0.3 is 0 Å². The molecule has 3 aromatic rings. The normalized spacial score (nSPS) is 11.3. The Morgan fingerprint density at radius 3 is 2.80 bits per heavy atom. The quantitative estimate of drug-likeness (QED) is 0.795. The summed E-state index contributed by atoms with van der Waals surface area (Å²) in [6, 6.07) is 4.31. The van der Waals surface area contributed by atoms with Gasteiger partial charge in [-0.15, -0.1) is 0 Å². The van der Waals surface area contributed by atoms with Crippen molar-refractivity contribution in [2.24, 2.45) is 0 Å². The van der Waals surface area contributed by atoms with E-state index < -0.39 is 11.6 Å². The van der Waals surface area contributed by atoms with Crippen LogP contribution in [-0.4, -0.2) is 19.3 Å². The average molecular weight is 277 g/mol. The van der Waals surface area contributed by atoms with Crippen LogP contribution in [0.5, 0.6) is 0 Å². The predicted octanol–water partition coefficient (Wildman–Crippen LogP) is 2.18. The zero-order chi connectivity index (χ0) is 14.1. The lowest BCUT2D eigenvalue weighted by atomic mass is 10.3. The topological polar surface area (TPSA) is 61.7 Å². The van der Waals surface area contributed by atoms with Crippen LogP contribution in [0.3, 0.4) is 0 Å². The first-order valence-corrected chi connectivity index (χ1v) is 6.24. The third-order valence-corrected chi connectivity index (χ3v) is 3.16. The summed E-state index contributed by atoms with van der Waals surface area (Å²) in [5.41, 5.74) is 6.25. The predicted molar refractivity (Wildman–Crippen MR) is 70.9 cm³/mol. The van der Waals surface area contributed by atoms with E-state index in [0.29, 0.717) is 25.0 Å². The summed E-state index contributed by atoms with van der Waals surface area (Å²) in [5, 5.41) is 4.08. The van der Waals surface area contributed by atoms with Crippen molar-refractivity contribution in [2.45, 2.75) is 19.5 Å². The molecule has 0 saturated heterocycles. The lowest BCUT2D eigenvalue weighted by molar-refractivity contribution is 0.503. The van der Waals surface area contributed by atoms with E-state index in [4.69, 9.17) is 5.73 Å². The molecule has 0 aliphatic rings. The van der Waals surface area contributed by atoms with Gasteiger partial charge in [0.1, 0.15) is 5.52 Å². The van der Waals surface area contributed by atoms with Crippen LogP contribution in [-0.2, 0) is 13.1 Å². The van der Waals surface area contributed by atoms with Gasteiger partial charge in [-0.1, -0.05) is 0 Å². The van der Waals surface area contributed by atoms with Gasteiger partial charge in [0, 0.05) is 25.5 Å². The molecule has 0 bridgehead atoms. The molecule has 2 N–H and O–H groups in total. The van der Waals surface area contributed by atoms with Crippen molar-refractivity contribution in [3.05, 3.63) is 42.2 Å². The van der Waals surface area contributed by atoms with Crippen LogP contribution in [0.15, 0.2) is 30.6 Å². The summed E-state index contributed by atoms with van der Waals surface area (Å²) in [7, 11) is 0. The van der Waals surface area contributed by atoms with Gasteiger partial charge in [0.05, 0.1) is 5.52 Å². The molecule has 5 nitrogen and oxygen atoms in total. The number of aryl methyl sites for hydroxylation is 2. The smallest absolute Gasteiger partial charge is 0.201 e. The third-order valence-electron chi connectivity index (χ3n) is 3.16. The molecule has 0 atom stereocenters. The van der Waals surface area contributed by atoms with Gasteiger partial charge in [-0.05, 0) is 24.6 Å². The number of anilines is 1. The summed E-state index contributed by atoms with van der Waals surface area (Å²) in [6.07, 6.45) is 4.22. The Labute approximate surface area is 113 Å². The number of nitrogens with zero attached hydrogens (tertiary/aromatic N) is 4. The summed E-state index contributed by atoms with van der Waals surface area (Å²) in [4.78, 5) is 4.04. The van der Waals surface area contributed by atoms with Crippen LogP contribution in [0.25, 0.3) is 11.0 Å². The monoisotopic (exact) mass is 277 g/mol. The van der Waals surface area contributed by atoms with Crippen LogP contribution < -0.4 is 5.73 Å². The fourth-order valence-electron chi connectivity index (χ4n) is 2.22. The third kappa shape index (κ3) is 2.11. The Morgan fingerprint density at radius 1 is 1.20 bits per heavy atom. The van der Waals surface area contributed by atoms with Crippen molar-refractivity contribution >= 4 is 17.0 Å². The van der Waals surface area contributed by atoms with Gasteiger partial charge in [-0.2, -0.15) is 5.10 Å². The number of aromatic nitrogens is 4. The first kappa shape index (κ1) is 12.6. The fourth-order valence-corrected chi connectivity index (χ4v) is 2.22. The molecule has 0 spiro atoms. The van der Waals surface area contributed by atoms with Gasteiger partial charge in [0.2, 0.25) is 5.95 Å². The highest BCUT2D eigenvalue weighted by Crippen LogP contribution is 2.23. The van der Waals surface area contributed by atoms with Crippen molar-refractivity contribution in [3.63, 3.8) is 0 Å².